The van der Waals surface area contributed by atoms with Gasteiger partial charge in [0.15, 0.2) is 11.5 Å². The molecule has 1 saturated heterocycles. The van der Waals surface area contributed by atoms with Crippen LogP contribution in [0.2, 0.25) is 0 Å². The van der Waals surface area contributed by atoms with Crippen LogP contribution in [0, 0.1) is 5.92 Å². The van der Waals surface area contributed by atoms with E-state index in [9.17, 15) is 9.59 Å². The third-order valence-corrected chi connectivity index (χ3v) is 5.49. The lowest BCUT2D eigenvalue weighted by atomic mass is 10.0. The number of ether oxygens (including phenoxy) is 2. The number of nitrogens with zero attached hydrogens (tertiary/aromatic N) is 3. The first-order valence-corrected chi connectivity index (χ1v) is 10.2. The van der Waals surface area contributed by atoms with Crippen LogP contribution >= 0.6 is 0 Å². The summed E-state index contributed by atoms with van der Waals surface area (Å²) in [5, 5.41) is 1.08. The topological polar surface area (TPSA) is 64.0 Å². The quantitative estimate of drug-likeness (QED) is 0.744. The largest absolute Gasteiger partial charge is 0.493 e. The molecule has 0 spiro atoms. The van der Waals surface area contributed by atoms with Crippen molar-refractivity contribution in [2.75, 3.05) is 46.9 Å². The van der Waals surface area contributed by atoms with E-state index in [4.69, 9.17) is 9.47 Å². The maximum absolute atomic E-state index is 13.4. The standard InChI is InChI=1S/C22H31N3O4/c1-6-23-7-9-24(10-8-23)22(27)18-14-25(13-15(2)3)21(26)17-12-20(29-5)19(28-4)11-16(17)18/h11-12,14-15H,6-10,13H2,1-5H3. The molecule has 3 rings (SSSR count). The van der Waals surface area contributed by atoms with Crippen molar-refractivity contribution in [1.82, 2.24) is 14.4 Å². The first-order chi connectivity index (χ1) is 13.9. The average Bonchev–Trinajstić information content (AvgIpc) is 2.74. The monoisotopic (exact) mass is 401 g/mol. The van der Waals surface area contributed by atoms with Gasteiger partial charge in [-0.25, -0.2) is 0 Å². The molecule has 0 unspecified atom stereocenters. The molecular weight excluding hydrogens is 370 g/mol. The molecule has 7 nitrogen and oxygen atoms in total. The highest BCUT2D eigenvalue weighted by molar-refractivity contribution is 6.07. The van der Waals surface area contributed by atoms with Gasteiger partial charge in [-0.15, -0.1) is 0 Å². The summed E-state index contributed by atoms with van der Waals surface area (Å²) < 4.78 is 12.5. The molecule has 1 fully saturated rings. The molecule has 0 N–H and O–H groups in total. The van der Waals surface area contributed by atoms with Gasteiger partial charge in [-0.2, -0.15) is 0 Å². The number of hydrogen-bond donors (Lipinski definition) is 0. The van der Waals surface area contributed by atoms with Gasteiger partial charge in [0.05, 0.1) is 25.2 Å². The Morgan fingerprint density at radius 1 is 1.03 bits per heavy atom. The van der Waals surface area contributed by atoms with Gasteiger partial charge in [-0.1, -0.05) is 20.8 Å². The molecule has 2 aromatic rings. The lowest BCUT2D eigenvalue weighted by Gasteiger charge is -2.34. The maximum Gasteiger partial charge on any atom is 0.258 e. The van der Waals surface area contributed by atoms with Crippen LogP contribution < -0.4 is 15.0 Å². The highest BCUT2D eigenvalue weighted by Crippen LogP contribution is 2.33. The molecule has 0 atom stereocenters. The van der Waals surface area contributed by atoms with E-state index in [1.807, 2.05) is 4.90 Å². The third kappa shape index (κ3) is 4.24. The number of benzene rings is 1. The number of hydrogen-bond acceptors (Lipinski definition) is 5. The first-order valence-electron chi connectivity index (χ1n) is 10.2. The molecule has 158 valence electrons. The zero-order valence-electron chi connectivity index (χ0n) is 18.0. The Kier molecular flexibility index (Phi) is 6.47. The van der Waals surface area contributed by atoms with Gasteiger partial charge in [0.25, 0.3) is 11.5 Å². The number of likely N-dealkylation sites (N-methyl/N-ethyl adjacent to an activating group) is 1. The van der Waals surface area contributed by atoms with Crippen LogP contribution in [-0.4, -0.2) is 67.2 Å². The van der Waals surface area contributed by atoms with E-state index in [1.54, 1.807) is 37.1 Å². The molecule has 0 saturated carbocycles. The number of aromatic nitrogens is 1. The first kappa shape index (κ1) is 21.2. The Morgan fingerprint density at radius 3 is 2.14 bits per heavy atom. The summed E-state index contributed by atoms with van der Waals surface area (Å²) in [5.41, 5.74) is 0.410. The fraction of sp³-hybridized carbons (Fsp3) is 0.545. The van der Waals surface area contributed by atoms with Crippen molar-refractivity contribution in [3.8, 4) is 11.5 Å². The van der Waals surface area contributed by atoms with E-state index in [-0.39, 0.29) is 17.4 Å². The fourth-order valence-corrected chi connectivity index (χ4v) is 3.85. The summed E-state index contributed by atoms with van der Waals surface area (Å²) >= 11 is 0. The third-order valence-electron chi connectivity index (χ3n) is 5.49. The molecule has 1 aliphatic rings. The van der Waals surface area contributed by atoms with Crippen molar-refractivity contribution in [3.05, 3.63) is 34.2 Å². The Bertz CT molecular complexity index is 943. The second-order valence-electron chi connectivity index (χ2n) is 7.87. The van der Waals surface area contributed by atoms with Crippen molar-refractivity contribution in [3.63, 3.8) is 0 Å². The second-order valence-corrected chi connectivity index (χ2v) is 7.87. The van der Waals surface area contributed by atoms with E-state index >= 15 is 0 Å². The van der Waals surface area contributed by atoms with Crippen molar-refractivity contribution < 1.29 is 14.3 Å². The zero-order valence-corrected chi connectivity index (χ0v) is 18.0. The molecule has 0 aliphatic carbocycles. The molecule has 0 bridgehead atoms. The maximum atomic E-state index is 13.4. The van der Waals surface area contributed by atoms with Crippen LogP contribution in [0.25, 0.3) is 10.8 Å². The van der Waals surface area contributed by atoms with E-state index in [1.165, 1.54) is 0 Å². The Hall–Kier alpha value is -2.54. The number of carbonyl (C=O) groups is 1. The summed E-state index contributed by atoms with van der Waals surface area (Å²) in [7, 11) is 3.09. The molecule has 1 amide bonds. The molecule has 7 heteroatoms. The zero-order chi connectivity index (χ0) is 21.1. The molecule has 1 aromatic carbocycles. The Balaban J connectivity index is 2.14. The Labute approximate surface area is 171 Å². The van der Waals surface area contributed by atoms with E-state index < -0.39 is 0 Å². The van der Waals surface area contributed by atoms with Crippen molar-refractivity contribution in [2.45, 2.75) is 27.3 Å². The predicted octanol–water partition coefficient (Wildman–Crippen LogP) is 2.45. The lowest BCUT2D eigenvalue weighted by Crippen LogP contribution is -2.48. The van der Waals surface area contributed by atoms with Gasteiger partial charge in [-0.3, -0.25) is 9.59 Å². The number of piperazine rings is 1. The number of pyridine rings is 1. The fourth-order valence-electron chi connectivity index (χ4n) is 3.85. The normalized spacial score (nSPS) is 15.2. The summed E-state index contributed by atoms with van der Waals surface area (Å²) in [6.45, 7) is 10.9. The van der Waals surface area contributed by atoms with Gasteiger partial charge in [0, 0.05) is 44.3 Å². The van der Waals surface area contributed by atoms with Crippen LogP contribution in [0.3, 0.4) is 0 Å². The van der Waals surface area contributed by atoms with Gasteiger partial charge in [0.2, 0.25) is 0 Å². The number of methoxy groups -OCH3 is 2. The SMILES string of the molecule is CCN1CCN(C(=O)c2cn(CC(C)C)c(=O)c3cc(OC)c(OC)cc23)CC1. The summed E-state index contributed by atoms with van der Waals surface area (Å²) in [6.07, 6.45) is 1.71. The van der Waals surface area contributed by atoms with Crippen molar-refractivity contribution in [2.24, 2.45) is 5.92 Å². The molecular formula is C22H31N3O4. The van der Waals surface area contributed by atoms with Gasteiger partial charge >= 0.3 is 0 Å². The smallest absolute Gasteiger partial charge is 0.258 e. The van der Waals surface area contributed by atoms with Crippen LogP contribution in [0.15, 0.2) is 23.1 Å². The molecule has 1 aliphatic heterocycles. The second kappa shape index (κ2) is 8.86. The van der Waals surface area contributed by atoms with E-state index in [2.05, 4.69) is 25.7 Å². The van der Waals surface area contributed by atoms with Gasteiger partial charge in [-0.05, 0) is 24.6 Å². The minimum absolute atomic E-state index is 0.0459. The molecule has 0 radical (unpaired) electrons. The number of rotatable bonds is 6. The molecule has 29 heavy (non-hydrogen) atoms. The lowest BCUT2D eigenvalue weighted by molar-refractivity contribution is 0.0644. The summed E-state index contributed by atoms with van der Waals surface area (Å²) in [5.74, 6) is 1.22. The van der Waals surface area contributed by atoms with Crippen molar-refractivity contribution >= 4 is 16.7 Å². The van der Waals surface area contributed by atoms with Crippen LogP contribution in [0.5, 0.6) is 11.5 Å². The van der Waals surface area contributed by atoms with Crippen LogP contribution in [0.1, 0.15) is 31.1 Å². The minimum atomic E-state index is -0.123. The van der Waals surface area contributed by atoms with E-state index in [0.29, 0.717) is 47.5 Å². The summed E-state index contributed by atoms with van der Waals surface area (Å²) in [4.78, 5) is 30.7. The predicted molar refractivity (Wildman–Crippen MR) is 114 cm³/mol. The summed E-state index contributed by atoms with van der Waals surface area (Å²) in [6, 6.07) is 3.42. The average molecular weight is 402 g/mol. The number of amides is 1. The highest BCUT2D eigenvalue weighted by Gasteiger charge is 2.25. The van der Waals surface area contributed by atoms with Crippen LogP contribution in [0.4, 0.5) is 0 Å². The van der Waals surface area contributed by atoms with Gasteiger partial charge < -0.3 is 23.8 Å². The molecule has 1 aromatic heterocycles. The van der Waals surface area contributed by atoms with Crippen molar-refractivity contribution in [1.29, 1.82) is 0 Å². The Morgan fingerprint density at radius 2 is 1.62 bits per heavy atom. The minimum Gasteiger partial charge on any atom is -0.493 e. The highest BCUT2D eigenvalue weighted by atomic mass is 16.5. The van der Waals surface area contributed by atoms with Gasteiger partial charge in [0.1, 0.15) is 0 Å². The molecule has 2 heterocycles. The number of fused-ring (bicyclic) bond motifs is 1. The number of carbonyl (C=O) groups excluding carboxylic acids is 1. The van der Waals surface area contributed by atoms with E-state index in [0.717, 1.165) is 19.6 Å². The van der Waals surface area contributed by atoms with Crippen LogP contribution in [-0.2, 0) is 6.54 Å².